The van der Waals surface area contributed by atoms with E-state index < -0.39 is 0 Å². The van der Waals surface area contributed by atoms with E-state index in [1.165, 1.54) is 0 Å². The van der Waals surface area contributed by atoms with E-state index in [9.17, 15) is 9.59 Å². The van der Waals surface area contributed by atoms with Gasteiger partial charge in [-0.2, -0.15) is 0 Å². The Bertz CT molecular complexity index is 296. The second-order valence-corrected chi connectivity index (χ2v) is 3.35. The Balaban J connectivity index is 2.30. The molecule has 0 saturated carbocycles. The van der Waals surface area contributed by atoms with Crippen molar-refractivity contribution in [3.05, 3.63) is 11.8 Å². The zero-order chi connectivity index (χ0) is 9.42. The molecule has 2 aliphatic heterocycles. The number of hydrogen-bond donors (Lipinski definition) is 1. The molecule has 2 heterocycles. The topological polar surface area (TPSA) is 49.4 Å². The summed E-state index contributed by atoms with van der Waals surface area (Å²) in [7, 11) is 0. The molecule has 0 bridgehead atoms. The standard InChI is InChI=1S/C9H12N2O2/c1-2-6-9(13)11-5-3-4-7(11)8(12)10-6/h2,7H,3-5H2,1H3,(H,10,12). The maximum Gasteiger partial charge on any atom is 0.270 e. The predicted octanol–water partition coefficient (Wildman–Crippen LogP) is 0.0110. The molecule has 2 saturated heterocycles. The summed E-state index contributed by atoms with van der Waals surface area (Å²) < 4.78 is 0. The van der Waals surface area contributed by atoms with Gasteiger partial charge in [-0.15, -0.1) is 0 Å². The summed E-state index contributed by atoms with van der Waals surface area (Å²) in [5.74, 6) is -0.0743. The third-order valence-corrected chi connectivity index (χ3v) is 2.59. The Kier molecular flexibility index (Phi) is 1.83. The lowest BCUT2D eigenvalue weighted by molar-refractivity contribution is -0.140. The number of nitrogens with zero attached hydrogens (tertiary/aromatic N) is 1. The van der Waals surface area contributed by atoms with Gasteiger partial charge in [-0.3, -0.25) is 9.59 Å². The fraction of sp³-hybridized carbons (Fsp3) is 0.556. The van der Waals surface area contributed by atoms with Crippen LogP contribution in [0.3, 0.4) is 0 Å². The molecule has 1 atom stereocenters. The Morgan fingerprint density at radius 2 is 2.31 bits per heavy atom. The van der Waals surface area contributed by atoms with Crippen LogP contribution in [0.25, 0.3) is 0 Å². The maximum atomic E-state index is 11.6. The number of hydrogen-bond acceptors (Lipinski definition) is 2. The van der Waals surface area contributed by atoms with Crippen LogP contribution in [0.1, 0.15) is 19.8 Å². The molecule has 2 rings (SSSR count). The normalized spacial score (nSPS) is 30.7. The minimum Gasteiger partial charge on any atom is -0.325 e. The zero-order valence-corrected chi connectivity index (χ0v) is 7.54. The van der Waals surface area contributed by atoms with E-state index >= 15 is 0 Å². The van der Waals surface area contributed by atoms with E-state index in [2.05, 4.69) is 5.32 Å². The van der Waals surface area contributed by atoms with E-state index in [1.807, 2.05) is 0 Å². The highest BCUT2D eigenvalue weighted by atomic mass is 16.2. The smallest absolute Gasteiger partial charge is 0.270 e. The predicted molar refractivity (Wildman–Crippen MR) is 46.6 cm³/mol. The van der Waals surface area contributed by atoms with Gasteiger partial charge in [0.1, 0.15) is 11.7 Å². The SMILES string of the molecule is CC=C1NC(=O)C2CCCN2C1=O. The summed E-state index contributed by atoms with van der Waals surface area (Å²) in [5.41, 5.74) is 0.420. The second-order valence-electron chi connectivity index (χ2n) is 3.35. The number of fused-ring (bicyclic) bond motifs is 1. The molecule has 2 amide bonds. The molecule has 2 aliphatic rings. The number of piperazine rings is 1. The summed E-state index contributed by atoms with van der Waals surface area (Å²) >= 11 is 0. The quantitative estimate of drug-likeness (QED) is 0.534. The van der Waals surface area contributed by atoms with Crippen molar-refractivity contribution in [2.45, 2.75) is 25.8 Å². The minimum absolute atomic E-state index is 0.0369. The molecule has 13 heavy (non-hydrogen) atoms. The van der Waals surface area contributed by atoms with E-state index in [1.54, 1.807) is 17.9 Å². The van der Waals surface area contributed by atoms with Gasteiger partial charge >= 0.3 is 0 Å². The lowest BCUT2D eigenvalue weighted by Crippen LogP contribution is -2.53. The monoisotopic (exact) mass is 180 g/mol. The van der Waals surface area contributed by atoms with Crippen molar-refractivity contribution >= 4 is 11.8 Å². The van der Waals surface area contributed by atoms with E-state index in [0.717, 1.165) is 12.8 Å². The molecule has 4 nitrogen and oxygen atoms in total. The van der Waals surface area contributed by atoms with Crippen LogP contribution in [0.15, 0.2) is 11.8 Å². The zero-order valence-electron chi connectivity index (χ0n) is 7.54. The highest BCUT2D eigenvalue weighted by Crippen LogP contribution is 2.22. The summed E-state index contributed by atoms with van der Waals surface area (Å²) in [5, 5.41) is 2.62. The summed E-state index contributed by atoms with van der Waals surface area (Å²) in [6.07, 6.45) is 3.38. The second kappa shape index (κ2) is 2.87. The largest absolute Gasteiger partial charge is 0.325 e. The van der Waals surface area contributed by atoms with Crippen molar-refractivity contribution in [2.24, 2.45) is 0 Å². The third kappa shape index (κ3) is 1.13. The van der Waals surface area contributed by atoms with Crippen LogP contribution in [0.4, 0.5) is 0 Å². The van der Waals surface area contributed by atoms with Crippen LogP contribution in [0.2, 0.25) is 0 Å². The molecule has 2 fully saturated rings. The van der Waals surface area contributed by atoms with Gasteiger partial charge < -0.3 is 10.2 Å². The first-order valence-corrected chi connectivity index (χ1v) is 4.52. The number of allylic oxidation sites excluding steroid dienone is 1. The average Bonchev–Trinajstić information content (AvgIpc) is 2.60. The van der Waals surface area contributed by atoms with Crippen LogP contribution < -0.4 is 5.32 Å². The highest BCUT2D eigenvalue weighted by Gasteiger charge is 2.39. The first-order chi connectivity index (χ1) is 6.24. The molecular weight excluding hydrogens is 168 g/mol. The molecular formula is C9H12N2O2. The summed E-state index contributed by atoms with van der Waals surface area (Å²) in [6, 6.07) is -0.212. The Labute approximate surface area is 76.6 Å². The lowest BCUT2D eigenvalue weighted by Gasteiger charge is -2.30. The van der Waals surface area contributed by atoms with Gasteiger partial charge in [0, 0.05) is 6.54 Å². The number of rotatable bonds is 0. The lowest BCUT2D eigenvalue weighted by atomic mass is 10.1. The van der Waals surface area contributed by atoms with Gasteiger partial charge in [0.05, 0.1) is 0 Å². The van der Waals surface area contributed by atoms with Gasteiger partial charge in [-0.05, 0) is 19.8 Å². The van der Waals surface area contributed by atoms with E-state index in [-0.39, 0.29) is 17.9 Å². The molecule has 1 N–H and O–H groups in total. The third-order valence-electron chi connectivity index (χ3n) is 2.59. The van der Waals surface area contributed by atoms with Crippen molar-refractivity contribution in [1.29, 1.82) is 0 Å². The summed E-state index contributed by atoms with van der Waals surface area (Å²) in [6.45, 7) is 2.47. The minimum atomic E-state index is -0.212. The van der Waals surface area contributed by atoms with Crippen LogP contribution in [-0.2, 0) is 9.59 Å². The van der Waals surface area contributed by atoms with Crippen LogP contribution in [-0.4, -0.2) is 29.3 Å². The van der Waals surface area contributed by atoms with Crippen molar-refractivity contribution in [3.8, 4) is 0 Å². The molecule has 0 aliphatic carbocycles. The first kappa shape index (κ1) is 8.29. The Morgan fingerprint density at radius 1 is 1.54 bits per heavy atom. The fourth-order valence-electron chi connectivity index (χ4n) is 1.90. The average molecular weight is 180 g/mol. The molecule has 0 radical (unpaired) electrons. The summed E-state index contributed by atoms with van der Waals surface area (Å²) in [4.78, 5) is 24.7. The van der Waals surface area contributed by atoms with Gasteiger partial charge in [-0.1, -0.05) is 6.08 Å². The van der Waals surface area contributed by atoms with Crippen LogP contribution >= 0.6 is 0 Å². The fourth-order valence-corrected chi connectivity index (χ4v) is 1.90. The maximum absolute atomic E-state index is 11.6. The first-order valence-electron chi connectivity index (χ1n) is 4.52. The van der Waals surface area contributed by atoms with Crippen molar-refractivity contribution in [1.82, 2.24) is 10.2 Å². The van der Waals surface area contributed by atoms with E-state index in [0.29, 0.717) is 12.2 Å². The van der Waals surface area contributed by atoms with Crippen LogP contribution in [0, 0.1) is 0 Å². The Morgan fingerprint density at radius 3 is 3.00 bits per heavy atom. The van der Waals surface area contributed by atoms with Crippen LogP contribution in [0.5, 0.6) is 0 Å². The Hall–Kier alpha value is -1.32. The number of nitrogens with one attached hydrogen (secondary N) is 1. The number of amides is 2. The van der Waals surface area contributed by atoms with Gasteiger partial charge in [0.25, 0.3) is 5.91 Å². The van der Waals surface area contributed by atoms with Crippen molar-refractivity contribution in [2.75, 3.05) is 6.54 Å². The van der Waals surface area contributed by atoms with E-state index in [4.69, 9.17) is 0 Å². The molecule has 1 unspecified atom stereocenters. The molecule has 0 aromatic carbocycles. The van der Waals surface area contributed by atoms with Crippen molar-refractivity contribution in [3.63, 3.8) is 0 Å². The van der Waals surface area contributed by atoms with Crippen molar-refractivity contribution < 1.29 is 9.59 Å². The molecule has 4 heteroatoms. The van der Waals surface area contributed by atoms with Gasteiger partial charge in [0.2, 0.25) is 5.91 Å². The molecule has 0 aromatic heterocycles. The number of carbonyl (C=O) groups excluding carboxylic acids is 2. The molecule has 0 spiro atoms. The highest BCUT2D eigenvalue weighted by molar-refractivity contribution is 6.04. The van der Waals surface area contributed by atoms with Gasteiger partial charge in [-0.25, -0.2) is 0 Å². The molecule has 70 valence electrons. The number of carbonyl (C=O) groups is 2. The molecule has 0 aromatic rings. The van der Waals surface area contributed by atoms with Gasteiger partial charge in [0.15, 0.2) is 0 Å².